The van der Waals surface area contributed by atoms with Gasteiger partial charge in [0, 0.05) is 10.9 Å². The number of benzene rings is 1. The van der Waals surface area contributed by atoms with E-state index in [4.69, 9.17) is 10.2 Å². The van der Waals surface area contributed by atoms with Crippen molar-refractivity contribution in [3.05, 3.63) is 34.8 Å². The van der Waals surface area contributed by atoms with E-state index >= 15 is 0 Å². The fraction of sp³-hybridized carbons (Fsp3) is 0.333. The number of halogens is 1. The van der Waals surface area contributed by atoms with Gasteiger partial charge in [-0.15, -0.1) is 0 Å². The molecule has 0 saturated heterocycles. The molecule has 15 heavy (non-hydrogen) atoms. The van der Waals surface area contributed by atoms with E-state index in [1.807, 2.05) is 13.0 Å². The molecule has 0 aliphatic carbocycles. The van der Waals surface area contributed by atoms with Crippen LogP contribution in [0.1, 0.15) is 23.8 Å². The summed E-state index contributed by atoms with van der Waals surface area (Å²) in [5.74, 6) is 0.416. The minimum atomic E-state index is -0.276. The zero-order valence-electron chi connectivity index (χ0n) is 8.93. The van der Waals surface area contributed by atoms with Crippen LogP contribution in [0.5, 0.6) is 0 Å². The maximum absolute atomic E-state index is 13.7. The lowest BCUT2D eigenvalue weighted by atomic mass is 10.1. The van der Waals surface area contributed by atoms with Gasteiger partial charge in [-0.3, -0.25) is 0 Å². The first kappa shape index (κ1) is 10.2. The number of nitrogens with two attached hydrogens (primary N) is 1. The molecule has 2 aromatic rings. The Balaban J connectivity index is 2.82. The highest BCUT2D eigenvalue weighted by Gasteiger charge is 2.15. The van der Waals surface area contributed by atoms with E-state index in [2.05, 4.69) is 0 Å². The second-order valence-electron chi connectivity index (χ2n) is 3.63. The molecular formula is C12H14FNO. The Morgan fingerprint density at radius 1 is 1.40 bits per heavy atom. The molecule has 0 spiro atoms. The van der Waals surface area contributed by atoms with Crippen molar-refractivity contribution in [1.82, 2.24) is 0 Å². The smallest absolute Gasteiger partial charge is 0.170 e. The van der Waals surface area contributed by atoms with Gasteiger partial charge in [0.15, 0.2) is 11.4 Å². The molecule has 3 heteroatoms. The van der Waals surface area contributed by atoms with Crippen LogP contribution in [0.15, 0.2) is 16.5 Å². The van der Waals surface area contributed by atoms with Crippen LogP contribution < -0.4 is 5.73 Å². The van der Waals surface area contributed by atoms with Crippen molar-refractivity contribution in [2.45, 2.75) is 26.8 Å². The predicted molar refractivity (Wildman–Crippen MR) is 58.2 cm³/mol. The predicted octanol–water partition coefficient (Wildman–Crippen LogP) is 2.90. The van der Waals surface area contributed by atoms with Crippen LogP contribution in [-0.2, 0) is 13.0 Å². The first-order chi connectivity index (χ1) is 7.19. The third kappa shape index (κ3) is 1.43. The topological polar surface area (TPSA) is 39.2 Å². The van der Waals surface area contributed by atoms with Crippen molar-refractivity contribution in [3.63, 3.8) is 0 Å². The summed E-state index contributed by atoms with van der Waals surface area (Å²) < 4.78 is 19.2. The lowest BCUT2D eigenvalue weighted by Crippen LogP contribution is -1.97. The van der Waals surface area contributed by atoms with Crippen LogP contribution in [0.4, 0.5) is 4.39 Å². The summed E-state index contributed by atoms with van der Waals surface area (Å²) in [4.78, 5) is 0. The Labute approximate surface area is 87.9 Å². The van der Waals surface area contributed by atoms with Gasteiger partial charge in [-0.2, -0.15) is 0 Å². The van der Waals surface area contributed by atoms with Crippen molar-refractivity contribution >= 4 is 11.0 Å². The molecule has 0 bridgehead atoms. The Morgan fingerprint density at radius 2 is 2.13 bits per heavy atom. The molecule has 2 rings (SSSR count). The molecule has 0 aliphatic heterocycles. The third-order valence-electron chi connectivity index (χ3n) is 2.72. The molecule has 1 aromatic heterocycles. The van der Waals surface area contributed by atoms with Crippen molar-refractivity contribution in [2.75, 3.05) is 0 Å². The summed E-state index contributed by atoms with van der Waals surface area (Å²) in [5, 5.41) is 0.848. The molecule has 1 aromatic carbocycles. The van der Waals surface area contributed by atoms with Gasteiger partial charge in [-0.1, -0.05) is 19.1 Å². The van der Waals surface area contributed by atoms with E-state index in [1.54, 1.807) is 13.0 Å². The molecule has 0 fully saturated rings. The SMILES string of the molecule is CCc1c(CN)oc2c(F)c(C)ccc12. The van der Waals surface area contributed by atoms with Gasteiger partial charge in [0.05, 0.1) is 6.54 Å². The molecule has 0 atom stereocenters. The van der Waals surface area contributed by atoms with E-state index in [1.165, 1.54) is 0 Å². The molecule has 0 amide bonds. The van der Waals surface area contributed by atoms with E-state index in [0.717, 1.165) is 17.4 Å². The second-order valence-corrected chi connectivity index (χ2v) is 3.63. The molecule has 1 heterocycles. The number of furan rings is 1. The van der Waals surface area contributed by atoms with Crippen molar-refractivity contribution < 1.29 is 8.81 Å². The third-order valence-corrected chi connectivity index (χ3v) is 2.72. The Morgan fingerprint density at radius 3 is 2.73 bits per heavy atom. The fourth-order valence-corrected chi connectivity index (χ4v) is 1.88. The van der Waals surface area contributed by atoms with E-state index in [-0.39, 0.29) is 5.82 Å². The number of aryl methyl sites for hydroxylation is 2. The highest BCUT2D eigenvalue weighted by atomic mass is 19.1. The average Bonchev–Trinajstić information content (AvgIpc) is 2.61. The quantitative estimate of drug-likeness (QED) is 0.822. The number of hydrogen-bond acceptors (Lipinski definition) is 2. The minimum absolute atomic E-state index is 0.276. The normalized spacial score (nSPS) is 11.2. The van der Waals surface area contributed by atoms with Gasteiger partial charge in [-0.25, -0.2) is 4.39 Å². The molecule has 0 aliphatic rings. The maximum Gasteiger partial charge on any atom is 0.170 e. The zero-order valence-corrected chi connectivity index (χ0v) is 8.93. The van der Waals surface area contributed by atoms with Crippen LogP contribution in [0.25, 0.3) is 11.0 Å². The first-order valence-electron chi connectivity index (χ1n) is 5.08. The monoisotopic (exact) mass is 207 g/mol. The summed E-state index contributed by atoms with van der Waals surface area (Å²) >= 11 is 0. The highest BCUT2D eigenvalue weighted by Crippen LogP contribution is 2.29. The number of hydrogen-bond donors (Lipinski definition) is 1. The number of fused-ring (bicyclic) bond motifs is 1. The van der Waals surface area contributed by atoms with Crippen molar-refractivity contribution in [3.8, 4) is 0 Å². The summed E-state index contributed by atoms with van der Waals surface area (Å²) in [6.45, 7) is 4.06. The summed E-state index contributed by atoms with van der Waals surface area (Å²) in [5.41, 5.74) is 7.52. The van der Waals surface area contributed by atoms with Crippen LogP contribution in [-0.4, -0.2) is 0 Å². The van der Waals surface area contributed by atoms with Crippen molar-refractivity contribution in [1.29, 1.82) is 0 Å². The zero-order chi connectivity index (χ0) is 11.0. The molecule has 80 valence electrons. The van der Waals surface area contributed by atoms with Gasteiger partial charge in [-0.05, 0) is 18.9 Å². The Bertz CT molecular complexity index is 502. The van der Waals surface area contributed by atoms with E-state index in [9.17, 15) is 4.39 Å². The molecular weight excluding hydrogens is 193 g/mol. The van der Waals surface area contributed by atoms with E-state index < -0.39 is 0 Å². The van der Waals surface area contributed by atoms with Gasteiger partial charge < -0.3 is 10.2 Å². The van der Waals surface area contributed by atoms with Crippen LogP contribution in [0, 0.1) is 12.7 Å². The van der Waals surface area contributed by atoms with Crippen LogP contribution in [0.3, 0.4) is 0 Å². The molecule has 0 radical (unpaired) electrons. The Kier molecular flexibility index (Phi) is 2.49. The fourth-order valence-electron chi connectivity index (χ4n) is 1.88. The van der Waals surface area contributed by atoms with Crippen LogP contribution in [0.2, 0.25) is 0 Å². The molecule has 0 saturated carbocycles. The molecule has 0 unspecified atom stereocenters. The van der Waals surface area contributed by atoms with Gasteiger partial charge in [0.25, 0.3) is 0 Å². The maximum atomic E-state index is 13.7. The molecule has 2 N–H and O–H groups in total. The standard InChI is InChI=1S/C12H14FNO/c1-3-8-9-5-4-7(2)11(13)12(9)15-10(8)6-14/h4-5H,3,6,14H2,1-2H3. The Hall–Kier alpha value is -1.35. The largest absolute Gasteiger partial charge is 0.456 e. The van der Waals surface area contributed by atoms with E-state index in [0.29, 0.717) is 23.5 Å². The number of rotatable bonds is 2. The van der Waals surface area contributed by atoms with Gasteiger partial charge in [0.1, 0.15) is 5.76 Å². The summed E-state index contributed by atoms with van der Waals surface area (Å²) in [6, 6.07) is 3.67. The minimum Gasteiger partial charge on any atom is -0.456 e. The van der Waals surface area contributed by atoms with Gasteiger partial charge in [0.2, 0.25) is 0 Å². The summed E-state index contributed by atoms with van der Waals surface area (Å²) in [7, 11) is 0. The lowest BCUT2D eigenvalue weighted by Gasteiger charge is -1.96. The lowest BCUT2D eigenvalue weighted by molar-refractivity contribution is 0.515. The summed E-state index contributed by atoms with van der Waals surface area (Å²) in [6.07, 6.45) is 0.808. The van der Waals surface area contributed by atoms with Crippen molar-refractivity contribution in [2.24, 2.45) is 5.73 Å². The molecule has 2 nitrogen and oxygen atoms in total. The first-order valence-corrected chi connectivity index (χ1v) is 5.08. The average molecular weight is 207 g/mol. The second kappa shape index (κ2) is 3.66. The van der Waals surface area contributed by atoms with Gasteiger partial charge >= 0.3 is 0 Å². The highest BCUT2D eigenvalue weighted by molar-refractivity contribution is 5.83. The van der Waals surface area contributed by atoms with Crippen LogP contribution >= 0.6 is 0 Å².